The maximum absolute atomic E-state index is 5.30. The highest BCUT2D eigenvalue weighted by Gasteiger charge is 2.04. The van der Waals surface area contributed by atoms with E-state index in [9.17, 15) is 0 Å². The van der Waals surface area contributed by atoms with Gasteiger partial charge in [-0.15, -0.1) is 0 Å². The number of hydrogen-bond acceptors (Lipinski definition) is 2. The van der Waals surface area contributed by atoms with Crippen molar-refractivity contribution in [1.82, 2.24) is 0 Å². The Kier molecular flexibility index (Phi) is 2.00. The van der Waals surface area contributed by atoms with E-state index in [0.717, 1.165) is 16.9 Å². The summed E-state index contributed by atoms with van der Waals surface area (Å²) in [6.07, 6.45) is 0. The summed E-state index contributed by atoms with van der Waals surface area (Å²) in [7, 11) is 6.54. The van der Waals surface area contributed by atoms with Gasteiger partial charge in [-0.25, -0.2) is 0 Å². The van der Waals surface area contributed by atoms with Gasteiger partial charge >= 0.3 is 0 Å². The minimum absolute atomic E-state index is 0.890. The van der Waals surface area contributed by atoms with E-state index >= 15 is 0 Å². The predicted molar refractivity (Wildman–Crippen MR) is 47.1 cm³/mol. The smallest absolute Gasteiger partial charge is 0.124 e. The molecule has 0 aromatic carbocycles. The summed E-state index contributed by atoms with van der Waals surface area (Å²) in [6, 6.07) is 2.00. The number of hydrogen-bond donors (Lipinski definition) is 0. The fourth-order valence-corrected chi connectivity index (χ4v) is 1.27. The van der Waals surface area contributed by atoms with Crippen molar-refractivity contribution in [2.24, 2.45) is 0 Å². The standard InChI is InChI=1S/C7H12NOP/c1-5-6(8(2)3)4-7(10)9-5/h4H,10H2,1-3H3. The third-order valence-electron chi connectivity index (χ3n) is 1.39. The first-order valence-corrected chi connectivity index (χ1v) is 3.72. The molecule has 0 spiro atoms. The number of furan rings is 1. The molecule has 0 amide bonds. The summed E-state index contributed by atoms with van der Waals surface area (Å²) >= 11 is 0. The van der Waals surface area contributed by atoms with Crippen LogP contribution in [0.4, 0.5) is 5.69 Å². The van der Waals surface area contributed by atoms with E-state index in [1.54, 1.807) is 0 Å². The Hall–Kier alpha value is -0.490. The Balaban J connectivity index is 3.03. The molecule has 1 heterocycles. The molecule has 0 aliphatic rings. The van der Waals surface area contributed by atoms with Crippen molar-refractivity contribution >= 4 is 20.4 Å². The van der Waals surface area contributed by atoms with Gasteiger partial charge in [0.1, 0.15) is 11.3 Å². The van der Waals surface area contributed by atoms with Gasteiger partial charge in [-0.2, -0.15) is 0 Å². The SMILES string of the molecule is Cc1oc(P)cc1N(C)C. The van der Waals surface area contributed by atoms with Crippen LogP contribution in [0.15, 0.2) is 10.5 Å². The van der Waals surface area contributed by atoms with Crippen molar-refractivity contribution in [1.29, 1.82) is 0 Å². The summed E-state index contributed by atoms with van der Waals surface area (Å²) in [5, 5.41) is 0. The summed E-state index contributed by atoms with van der Waals surface area (Å²) in [6.45, 7) is 1.96. The average molecular weight is 157 g/mol. The number of anilines is 1. The molecule has 0 N–H and O–H groups in total. The lowest BCUT2D eigenvalue weighted by Gasteiger charge is -2.08. The van der Waals surface area contributed by atoms with Gasteiger partial charge in [-0.1, -0.05) is 9.24 Å². The Morgan fingerprint density at radius 2 is 2.10 bits per heavy atom. The van der Waals surface area contributed by atoms with E-state index in [4.69, 9.17) is 4.42 Å². The van der Waals surface area contributed by atoms with Gasteiger partial charge in [0.2, 0.25) is 0 Å². The predicted octanol–water partition coefficient (Wildman–Crippen LogP) is 1.15. The largest absolute Gasteiger partial charge is 0.460 e. The van der Waals surface area contributed by atoms with E-state index in [1.165, 1.54) is 0 Å². The van der Waals surface area contributed by atoms with Gasteiger partial charge in [0.15, 0.2) is 0 Å². The molecule has 1 aromatic heterocycles. The summed E-state index contributed by atoms with van der Waals surface area (Å²) in [5.41, 5.74) is 2.03. The van der Waals surface area contributed by atoms with Crippen molar-refractivity contribution < 1.29 is 4.42 Å². The van der Waals surface area contributed by atoms with Gasteiger partial charge in [-0.3, -0.25) is 0 Å². The summed E-state index contributed by atoms with van der Waals surface area (Å²) in [5.74, 6) is 0.968. The first kappa shape index (κ1) is 7.62. The maximum atomic E-state index is 5.30. The summed E-state index contributed by atoms with van der Waals surface area (Å²) < 4.78 is 5.30. The Morgan fingerprint density at radius 3 is 2.30 bits per heavy atom. The van der Waals surface area contributed by atoms with Gasteiger partial charge in [0.25, 0.3) is 0 Å². The maximum Gasteiger partial charge on any atom is 0.124 e. The normalized spacial score (nSPS) is 10.0. The van der Waals surface area contributed by atoms with Crippen LogP contribution < -0.4 is 10.4 Å². The Morgan fingerprint density at radius 1 is 1.50 bits per heavy atom. The topological polar surface area (TPSA) is 16.4 Å². The van der Waals surface area contributed by atoms with E-state index in [-0.39, 0.29) is 0 Å². The molecule has 0 saturated carbocycles. The second-order valence-electron chi connectivity index (χ2n) is 2.48. The third-order valence-corrected chi connectivity index (χ3v) is 1.68. The molecule has 1 rings (SSSR count). The van der Waals surface area contributed by atoms with Crippen molar-refractivity contribution in [3.05, 3.63) is 11.8 Å². The van der Waals surface area contributed by atoms with Gasteiger partial charge in [-0.05, 0) is 6.92 Å². The van der Waals surface area contributed by atoms with E-state index in [1.807, 2.05) is 32.0 Å². The molecular weight excluding hydrogens is 145 g/mol. The molecule has 0 aliphatic carbocycles. The minimum Gasteiger partial charge on any atom is -0.460 e. The molecule has 3 heteroatoms. The van der Waals surface area contributed by atoms with E-state index < -0.39 is 0 Å². The zero-order valence-corrected chi connectivity index (χ0v) is 7.66. The van der Waals surface area contributed by atoms with Gasteiger partial charge in [0, 0.05) is 20.2 Å². The fourth-order valence-electron chi connectivity index (χ4n) is 0.939. The van der Waals surface area contributed by atoms with Crippen LogP contribution in [0.5, 0.6) is 0 Å². The molecular formula is C7H12NOP. The molecule has 1 aromatic rings. The van der Waals surface area contributed by atoms with Crippen LogP contribution in [0.25, 0.3) is 0 Å². The van der Waals surface area contributed by atoms with Crippen molar-refractivity contribution in [2.45, 2.75) is 6.92 Å². The number of aryl methyl sites for hydroxylation is 1. The van der Waals surface area contributed by atoms with Crippen molar-refractivity contribution in [2.75, 3.05) is 19.0 Å². The summed E-state index contributed by atoms with van der Waals surface area (Å²) in [4.78, 5) is 2.03. The van der Waals surface area contributed by atoms with Crippen LogP contribution in [0.1, 0.15) is 5.76 Å². The molecule has 1 atom stereocenters. The van der Waals surface area contributed by atoms with E-state index in [2.05, 4.69) is 9.24 Å². The first-order valence-electron chi connectivity index (χ1n) is 3.14. The molecule has 0 radical (unpaired) electrons. The van der Waals surface area contributed by atoms with Crippen molar-refractivity contribution in [3.63, 3.8) is 0 Å². The van der Waals surface area contributed by atoms with Crippen LogP contribution >= 0.6 is 9.24 Å². The van der Waals surface area contributed by atoms with Gasteiger partial charge < -0.3 is 9.32 Å². The van der Waals surface area contributed by atoms with Crippen LogP contribution in [0.3, 0.4) is 0 Å². The molecule has 0 fully saturated rings. The molecule has 0 aliphatic heterocycles. The van der Waals surface area contributed by atoms with Crippen LogP contribution in [-0.4, -0.2) is 14.1 Å². The minimum atomic E-state index is 0.890. The molecule has 0 saturated heterocycles. The van der Waals surface area contributed by atoms with Crippen LogP contribution in [0, 0.1) is 6.92 Å². The lowest BCUT2D eigenvalue weighted by atomic mass is 10.4. The Bertz CT molecular complexity index is 230. The monoisotopic (exact) mass is 157 g/mol. The first-order chi connectivity index (χ1) is 4.61. The molecule has 2 nitrogen and oxygen atoms in total. The lowest BCUT2D eigenvalue weighted by Crippen LogP contribution is -2.08. The van der Waals surface area contributed by atoms with Crippen molar-refractivity contribution in [3.8, 4) is 0 Å². The second kappa shape index (κ2) is 2.63. The third kappa shape index (κ3) is 1.32. The highest BCUT2D eigenvalue weighted by Crippen LogP contribution is 2.17. The van der Waals surface area contributed by atoms with Crippen LogP contribution in [-0.2, 0) is 0 Å². The molecule has 0 bridgehead atoms. The van der Waals surface area contributed by atoms with E-state index in [0.29, 0.717) is 0 Å². The fraction of sp³-hybridized carbons (Fsp3) is 0.429. The second-order valence-corrected chi connectivity index (χ2v) is 3.05. The molecule has 1 unspecified atom stereocenters. The number of nitrogens with zero attached hydrogens (tertiary/aromatic N) is 1. The zero-order chi connectivity index (χ0) is 7.72. The lowest BCUT2D eigenvalue weighted by molar-refractivity contribution is 0.568. The highest BCUT2D eigenvalue weighted by atomic mass is 31.0. The quantitative estimate of drug-likeness (QED) is 0.568. The van der Waals surface area contributed by atoms with Gasteiger partial charge in [0.05, 0.1) is 5.69 Å². The molecule has 56 valence electrons. The highest BCUT2D eigenvalue weighted by molar-refractivity contribution is 7.26. The Labute approximate surface area is 63.4 Å². The van der Waals surface area contributed by atoms with Crippen LogP contribution in [0.2, 0.25) is 0 Å². The average Bonchev–Trinajstić information content (AvgIpc) is 2.10. The zero-order valence-electron chi connectivity index (χ0n) is 6.51. The number of rotatable bonds is 1. The molecule has 10 heavy (non-hydrogen) atoms.